The van der Waals surface area contributed by atoms with E-state index in [9.17, 15) is 61.0 Å². The van der Waals surface area contributed by atoms with E-state index in [4.69, 9.17) is 28.4 Å². The summed E-state index contributed by atoms with van der Waals surface area (Å²) in [4.78, 5) is 13.2. The van der Waals surface area contributed by atoms with Crippen molar-refractivity contribution in [1.82, 2.24) is 5.32 Å². The van der Waals surface area contributed by atoms with Crippen LogP contribution in [0.3, 0.4) is 0 Å². The van der Waals surface area contributed by atoms with Crippen molar-refractivity contribution in [1.29, 1.82) is 0 Å². The van der Waals surface area contributed by atoms with Gasteiger partial charge in [0.05, 0.1) is 38.6 Å². The van der Waals surface area contributed by atoms with Crippen molar-refractivity contribution in [2.24, 2.45) is 0 Å². The second-order valence-electron chi connectivity index (χ2n) is 19.3. The van der Waals surface area contributed by atoms with Crippen LogP contribution in [0.5, 0.6) is 0 Å². The maximum Gasteiger partial charge on any atom is 0.220 e. The zero-order valence-electron chi connectivity index (χ0n) is 42.0. The van der Waals surface area contributed by atoms with Crippen LogP contribution in [0.15, 0.2) is 24.3 Å². The summed E-state index contributed by atoms with van der Waals surface area (Å²) in [5.41, 5.74) is 0. The van der Waals surface area contributed by atoms with Gasteiger partial charge in [-0.15, -0.1) is 0 Å². The first kappa shape index (κ1) is 62.6. The lowest BCUT2D eigenvalue weighted by molar-refractivity contribution is -0.379. The van der Waals surface area contributed by atoms with Gasteiger partial charge in [0.2, 0.25) is 5.91 Å². The third-order valence-electron chi connectivity index (χ3n) is 13.5. The summed E-state index contributed by atoms with van der Waals surface area (Å²) < 4.78 is 34.1. The first-order valence-electron chi connectivity index (χ1n) is 26.6. The van der Waals surface area contributed by atoms with Crippen LogP contribution in [0.1, 0.15) is 162 Å². The highest BCUT2D eigenvalue weighted by molar-refractivity contribution is 5.76. The van der Waals surface area contributed by atoms with Gasteiger partial charge in [0.1, 0.15) is 73.2 Å². The van der Waals surface area contributed by atoms with E-state index in [1.165, 1.54) is 89.9 Å². The number of rotatable bonds is 37. The van der Waals surface area contributed by atoms with Crippen molar-refractivity contribution in [3.63, 3.8) is 0 Å². The van der Waals surface area contributed by atoms with Crippen LogP contribution < -0.4 is 5.32 Å². The summed E-state index contributed by atoms with van der Waals surface area (Å²) in [6.07, 6.45) is 6.15. The minimum Gasteiger partial charge on any atom is -0.394 e. The van der Waals surface area contributed by atoms with E-state index < -0.39 is 124 Å². The molecule has 12 N–H and O–H groups in total. The van der Waals surface area contributed by atoms with E-state index >= 15 is 0 Å². The number of aliphatic hydroxyl groups excluding tert-OH is 11. The monoisotopic (exact) mass is 1010 g/mol. The van der Waals surface area contributed by atoms with Gasteiger partial charge in [-0.2, -0.15) is 0 Å². The van der Waals surface area contributed by atoms with Crippen molar-refractivity contribution >= 4 is 5.91 Å². The molecule has 3 heterocycles. The van der Waals surface area contributed by atoms with Gasteiger partial charge in [0.15, 0.2) is 18.9 Å². The zero-order chi connectivity index (χ0) is 51.3. The molecular weight excluding hydrogens is 915 g/mol. The molecule has 3 rings (SSSR count). The van der Waals surface area contributed by atoms with Gasteiger partial charge < -0.3 is 89.9 Å². The zero-order valence-corrected chi connectivity index (χ0v) is 42.0. The molecule has 0 saturated carbocycles. The molecule has 70 heavy (non-hydrogen) atoms. The highest BCUT2D eigenvalue weighted by Gasteiger charge is 2.53. The molecule has 410 valence electrons. The predicted octanol–water partition coefficient (Wildman–Crippen LogP) is 2.42. The highest BCUT2D eigenvalue weighted by atomic mass is 16.8. The topological polar surface area (TPSA) is 307 Å². The standard InChI is InChI=1S/C51H93NO18/c1-3-5-7-9-11-13-15-16-17-19-21-23-25-27-29-39(57)52-34(35(56)28-26-24-22-20-18-14-12-10-8-6-4-2)33-65-49-45(63)42(60)47(37(31-54)67-49)70-51-46(64)43(61)48(38(32-55)68-51)69-50-44(62)41(59)40(58)36(30-53)66-50/h18,20,26,28,34-38,40-51,53-56,58-64H,3-17,19,21-25,27,29-33H2,1-2H3,(H,52,57)/b20-18+,28-26+. The lowest BCUT2D eigenvalue weighted by Gasteiger charge is -2.48. The third kappa shape index (κ3) is 21.6. The average molecular weight is 1010 g/mol. The number of ether oxygens (including phenoxy) is 6. The van der Waals surface area contributed by atoms with Gasteiger partial charge in [0, 0.05) is 6.42 Å². The molecule has 3 fully saturated rings. The fourth-order valence-corrected chi connectivity index (χ4v) is 9.03. The second kappa shape index (κ2) is 36.3. The summed E-state index contributed by atoms with van der Waals surface area (Å²) >= 11 is 0. The van der Waals surface area contributed by atoms with E-state index in [1.807, 2.05) is 6.08 Å². The Kier molecular flexibility index (Phi) is 32.4. The van der Waals surface area contributed by atoms with Crippen LogP contribution in [0.2, 0.25) is 0 Å². The number of aliphatic hydroxyl groups is 11. The van der Waals surface area contributed by atoms with Crippen LogP contribution >= 0.6 is 0 Å². The fourth-order valence-electron chi connectivity index (χ4n) is 9.03. The number of carbonyl (C=O) groups is 1. The molecule has 0 aromatic heterocycles. The largest absolute Gasteiger partial charge is 0.394 e. The number of hydrogen-bond donors (Lipinski definition) is 12. The molecule has 19 nitrogen and oxygen atoms in total. The molecule has 19 heteroatoms. The molecule has 17 atom stereocenters. The first-order chi connectivity index (χ1) is 33.8. The minimum atomic E-state index is -1.98. The van der Waals surface area contributed by atoms with Crippen LogP contribution in [0, 0.1) is 0 Å². The van der Waals surface area contributed by atoms with Crippen molar-refractivity contribution in [2.45, 2.75) is 266 Å². The number of nitrogens with one attached hydrogen (secondary N) is 1. The Morgan fingerprint density at radius 1 is 0.500 bits per heavy atom. The van der Waals surface area contributed by atoms with E-state index in [0.29, 0.717) is 12.8 Å². The van der Waals surface area contributed by atoms with Crippen LogP contribution in [-0.2, 0) is 33.2 Å². The van der Waals surface area contributed by atoms with Crippen molar-refractivity contribution < 1.29 is 89.4 Å². The van der Waals surface area contributed by atoms with Crippen LogP contribution in [0.4, 0.5) is 0 Å². The quantitative estimate of drug-likeness (QED) is 0.0314. The Bertz CT molecular complexity index is 1390. The minimum absolute atomic E-state index is 0.239. The number of amides is 1. The molecule has 0 bridgehead atoms. The average Bonchev–Trinajstić information content (AvgIpc) is 3.35. The van der Waals surface area contributed by atoms with Gasteiger partial charge in [0.25, 0.3) is 0 Å². The summed E-state index contributed by atoms with van der Waals surface area (Å²) in [6.45, 7) is 1.64. The lowest BCUT2D eigenvalue weighted by atomic mass is 9.96. The van der Waals surface area contributed by atoms with Gasteiger partial charge in [-0.1, -0.05) is 147 Å². The first-order valence-corrected chi connectivity index (χ1v) is 26.6. The molecule has 0 aromatic carbocycles. The maximum absolute atomic E-state index is 13.2. The Balaban J connectivity index is 1.56. The van der Waals surface area contributed by atoms with Crippen molar-refractivity contribution in [3.8, 4) is 0 Å². The summed E-state index contributed by atoms with van der Waals surface area (Å²) in [5.74, 6) is -0.288. The maximum atomic E-state index is 13.2. The highest BCUT2D eigenvalue weighted by Crippen LogP contribution is 2.33. The summed E-state index contributed by atoms with van der Waals surface area (Å²) in [6, 6.07) is -0.982. The Morgan fingerprint density at radius 3 is 1.43 bits per heavy atom. The second-order valence-corrected chi connectivity index (χ2v) is 19.3. The third-order valence-corrected chi connectivity index (χ3v) is 13.5. The lowest BCUT2D eigenvalue weighted by Crippen LogP contribution is -2.66. The van der Waals surface area contributed by atoms with Crippen molar-refractivity contribution in [2.75, 3.05) is 26.4 Å². The van der Waals surface area contributed by atoms with Gasteiger partial charge in [-0.25, -0.2) is 0 Å². The van der Waals surface area contributed by atoms with Gasteiger partial charge in [-0.05, 0) is 32.1 Å². The number of allylic oxidation sites excluding steroid dienone is 3. The smallest absolute Gasteiger partial charge is 0.220 e. The molecule has 17 unspecified atom stereocenters. The molecule has 0 aromatic rings. The molecular formula is C51H93NO18. The normalized spacial score (nSPS) is 32.7. The Hall–Kier alpha value is -1.73. The molecule has 0 aliphatic carbocycles. The van der Waals surface area contributed by atoms with E-state index in [2.05, 4.69) is 31.3 Å². The van der Waals surface area contributed by atoms with Crippen LogP contribution in [0.25, 0.3) is 0 Å². The van der Waals surface area contributed by atoms with Gasteiger partial charge in [-0.3, -0.25) is 4.79 Å². The molecule has 0 radical (unpaired) electrons. The summed E-state index contributed by atoms with van der Waals surface area (Å²) in [5, 5.41) is 120. The van der Waals surface area contributed by atoms with Crippen molar-refractivity contribution in [3.05, 3.63) is 24.3 Å². The number of unbranched alkanes of at least 4 members (excludes halogenated alkanes) is 19. The SMILES string of the molecule is CCCCCCC/C=C/CC/C=C/C(O)C(COC1OC(CO)C(OC2OC(CO)C(OC3OC(CO)C(O)C(O)C3O)C(O)C2O)C(O)C1O)NC(=O)CCCCCCCCCCCCCCCC. The molecule has 0 spiro atoms. The molecule has 3 aliphatic rings. The molecule has 3 aliphatic heterocycles. The number of carbonyl (C=O) groups excluding carboxylic acids is 1. The molecule has 3 saturated heterocycles. The summed E-state index contributed by atoms with van der Waals surface area (Å²) in [7, 11) is 0. The fraction of sp³-hybridized carbons (Fsp3) is 0.902. The predicted molar refractivity (Wildman–Crippen MR) is 259 cm³/mol. The van der Waals surface area contributed by atoms with E-state index in [1.54, 1.807) is 6.08 Å². The molecule has 1 amide bonds. The number of hydrogen-bond acceptors (Lipinski definition) is 18. The van der Waals surface area contributed by atoms with Gasteiger partial charge >= 0.3 is 0 Å². The Morgan fingerprint density at radius 2 is 0.914 bits per heavy atom. The van der Waals surface area contributed by atoms with E-state index in [0.717, 1.165) is 38.5 Å². The van der Waals surface area contributed by atoms with E-state index in [-0.39, 0.29) is 18.9 Å². The Labute approximate surface area is 416 Å². The van der Waals surface area contributed by atoms with Crippen LogP contribution in [-0.4, -0.2) is 193 Å².